The van der Waals surface area contributed by atoms with Crippen LogP contribution in [-0.4, -0.2) is 17.8 Å². The Bertz CT molecular complexity index is 334. The third kappa shape index (κ3) is 3.21. The van der Waals surface area contributed by atoms with Crippen LogP contribution in [0.2, 0.25) is 0 Å². The summed E-state index contributed by atoms with van der Waals surface area (Å²) >= 11 is 3.51. The monoisotopic (exact) mass is 270 g/mol. The molecule has 1 aromatic carbocycles. The van der Waals surface area contributed by atoms with E-state index < -0.39 is 0 Å². The number of benzene rings is 1. The summed E-state index contributed by atoms with van der Waals surface area (Å²) in [6.07, 6.45) is 4.52. The normalized spacial score (nSPS) is 15.3. The van der Waals surface area contributed by atoms with Gasteiger partial charge in [0.25, 0.3) is 0 Å². The molecule has 0 aliphatic heterocycles. The lowest BCUT2D eigenvalue weighted by Gasteiger charge is -2.08. The highest BCUT2D eigenvalue weighted by molar-refractivity contribution is 9.10. The van der Waals surface area contributed by atoms with Crippen molar-refractivity contribution in [1.29, 1.82) is 0 Å². The maximum Gasteiger partial charge on any atom is 0.133 e. The van der Waals surface area contributed by atoms with E-state index in [1.165, 1.54) is 18.4 Å². The van der Waals surface area contributed by atoms with Crippen molar-refractivity contribution in [3.63, 3.8) is 0 Å². The van der Waals surface area contributed by atoms with Crippen molar-refractivity contribution in [2.45, 2.75) is 31.8 Å². The molecule has 15 heavy (non-hydrogen) atoms. The van der Waals surface area contributed by atoms with Crippen molar-refractivity contribution >= 4 is 15.9 Å². The van der Waals surface area contributed by atoms with Crippen molar-refractivity contribution in [3.05, 3.63) is 28.2 Å². The SMILES string of the molecule is OCCCc1ccc(OC2CC2)c(Br)c1. The summed E-state index contributed by atoms with van der Waals surface area (Å²) in [5, 5.41) is 8.74. The molecule has 0 saturated heterocycles. The Balaban J connectivity index is 2.00. The molecule has 1 saturated carbocycles. The number of aryl methyl sites for hydroxylation is 1. The number of aliphatic hydroxyl groups excluding tert-OH is 1. The summed E-state index contributed by atoms with van der Waals surface area (Å²) in [6.45, 7) is 0.248. The summed E-state index contributed by atoms with van der Waals surface area (Å²) in [4.78, 5) is 0. The Labute approximate surface area is 98.4 Å². The van der Waals surface area contributed by atoms with Gasteiger partial charge in [0.2, 0.25) is 0 Å². The molecular formula is C12H15BrO2. The van der Waals surface area contributed by atoms with Crippen LogP contribution in [0.15, 0.2) is 22.7 Å². The van der Waals surface area contributed by atoms with Gasteiger partial charge in [-0.2, -0.15) is 0 Å². The Morgan fingerprint density at radius 2 is 2.20 bits per heavy atom. The van der Waals surface area contributed by atoms with Gasteiger partial charge in [-0.25, -0.2) is 0 Å². The first kappa shape index (κ1) is 11.0. The lowest BCUT2D eigenvalue weighted by atomic mass is 10.1. The van der Waals surface area contributed by atoms with Crippen molar-refractivity contribution < 1.29 is 9.84 Å². The van der Waals surface area contributed by atoms with E-state index in [9.17, 15) is 0 Å². The minimum absolute atomic E-state index is 0.248. The largest absolute Gasteiger partial charge is 0.489 e. The molecular weight excluding hydrogens is 256 g/mol. The van der Waals surface area contributed by atoms with Crippen molar-refractivity contribution in [2.75, 3.05) is 6.61 Å². The van der Waals surface area contributed by atoms with Gasteiger partial charge in [-0.05, 0) is 59.3 Å². The van der Waals surface area contributed by atoms with Crippen LogP contribution in [-0.2, 0) is 6.42 Å². The second-order valence-corrected chi connectivity index (χ2v) is 4.76. The smallest absolute Gasteiger partial charge is 0.133 e. The standard InChI is InChI=1S/C12H15BrO2/c13-11-8-9(2-1-7-14)3-6-12(11)15-10-4-5-10/h3,6,8,10,14H,1-2,4-5,7H2. The first-order valence-corrected chi connectivity index (χ1v) is 6.15. The molecule has 0 bridgehead atoms. The van der Waals surface area contributed by atoms with E-state index in [1.54, 1.807) is 0 Å². The second-order valence-electron chi connectivity index (χ2n) is 3.91. The van der Waals surface area contributed by atoms with Crippen molar-refractivity contribution in [2.24, 2.45) is 0 Å². The molecule has 0 heterocycles. The van der Waals surface area contributed by atoms with Gasteiger partial charge in [0, 0.05) is 6.61 Å². The van der Waals surface area contributed by atoms with Crippen LogP contribution < -0.4 is 4.74 Å². The van der Waals surface area contributed by atoms with Crippen LogP contribution in [0.3, 0.4) is 0 Å². The van der Waals surface area contributed by atoms with Gasteiger partial charge >= 0.3 is 0 Å². The topological polar surface area (TPSA) is 29.5 Å². The number of rotatable bonds is 5. The molecule has 1 N–H and O–H groups in total. The predicted molar refractivity (Wildman–Crippen MR) is 63.2 cm³/mol. The van der Waals surface area contributed by atoms with Crippen LogP contribution in [0.5, 0.6) is 5.75 Å². The van der Waals surface area contributed by atoms with E-state index in [2.05, 4.69) is 28.1 Å². The van der Waals surface area contributed by atoms with Gasteiger partial charge in [0.05, 0.1) is 10.6 Å². The average molecular weight is 271 g/mol. The average Bonchev–Trinajstić information content (AvgIpc) is 3.02. The fourth-order valence-corrected chi connectivity index (χ4v) is 1.96. The van der Waals surface area contributed by atoms with Crippen LogP contribution >= 0.6 is 15.9 Å². The number of hydrogen-bond acceptors (Lipinski definition) is 2. The Morgan fingerprint density at radius 1 is 1.40 bits per heavy atom. The van der Waals surface area contributed by atoms with Crippen LogP contribution in [0, 0.1) is 0 Å². The summed E-state index contributed by atoms with van der Waals surface area (Å²) in [6, 6.07) is 6.15. The molecule has 0 radical (unpaired) electrons. The Kier molecular flexibility index (Phi) is 3.65. The molecule has 1 fully saturated rings. The van der Waals surface area contributed by atoms with Gasteiger partial charge in [0.1, 0.15) is 5.75 Å². The predicted octanol–water partition coefficient (Wildman–Crippen LogP) is 2.92. The van der Waals surface area contributed by atoms with Gasteiger partial charge in [0.15, 0.2) is 0 Å². The highest BCUT2D eigenvalue weighted by Gasteiger charge is 2.24. The molecule has 1 aliphatic rings. The van der Waals surface area contributed by atoms with Crippen LogP contribution in [0.4, 0.5) is 0 Å². The van der Waals surface area contributed by atoms with E-state index in [0.29, 0.717) is 6.10 Å². The molecule has 82 valence electrons. The first-order valence-electron chi connectivity index (χ1n) is 5.35. The molecule has 2 nitrogen and oxygen atoms in total. The molecule has 2 rings (SSSR count). The highest BCUT2D eigenvalue weighted by Crippen LogP contribution is 2.32. The molecule has 0 spiro atoms. The molecule has 0 amide bonds. The quantitative estimate of drug-likeness (QED) is 0.892. The summed E-state index contributed by atoms with van der Waals surface area (Å²) in [5.41, 5.74) is 1.24. The van der Waals surface area contributed by atoms with E-state index in [1.807, 2.05) is 6.07 Å². The van der Waals surface area contributed by atoms with E-state index in [-0.39, 0.29) is 6.61 Å². The van der Waals surface area contributed by atoms with Gasteiger partial charge in [-0.3, -0.25) is 0 Å². The molecule has 0 aromatic heterocycles. The maximum absolute atomic E-state index is 8.74. The van der Waals surface area contributed by atoms with Crippen molar-refractivity contribution in [1.82, 2.24) is 0 Å². The van der Waals surface area contributed by atoms with Crippen molar-refractivity contribution in [3.8, 4) is 5.75 Å². The number of aliphatic hydroxyl groups is 1. The van der Waals surface area contributed by atoms with Crippen LogP contribution in [0.1, 0.15) is 24.8 Å². The number of ether oxygens (including phenoxy) is 1. The highest BCUT2D eigenvalue weighted by atomic mass is 79.9. The molecule has 1 aromatic rings. The summed E-state index contributed by atoms with van der Waals surface area (Å²) < 4.78 is 6.74. The lowest BCUT2D eigenvalue weighted by Crippen LogP contribution is -1.97. The lowest BCUT2D eigenvalue weighted by molar-refractivity contribution is 0.288. The fourth-order valence-electron chi connectivity index (χ4n) is 1.44. The molecule has 3 heteroatoms. The first-order chi connectivity index (χ1) is 7.29. The third-order valence-electron chi connectivity index (χ3n) is 2.44. The summed E-state index contributed by atoms with van der Waals surface area (Å²) in [7, 11) is 0. The van der Waals surface area contributed by atoms with Crippen LogP contribution in [0.25, 0.3) is 0 Å². The second kappa shape index (κ2) is 4.99. The number of halogens is 1. The minimum atomic E-state index is 0.248. The zero-order valence-corrected chi connectivity index (χ0v) is 10.2. The third-order valence-corrected chi connectivity index (χ3v) is 3.06. The molecule has 0 unspecified atom stereocenters. The molecule has 0 atom stereocenters. The minimum Gasteiger partial charge on any atom is -0.489 e. The molecule has 1 aliphatic carbocycles. The fraction of sp³-hybridized carbons (Fsp3) is 0.500. The zero-order chi connectivity index (χ0) is 10.7. The Hall–Kier alpha value is -0.540. The number of hydrogen-bond donors (Lipinski definition) is 1. The Morgan fingerprint density at radius 3 is 2.80 bits per heavy atom. The zero-order valence-electron chi connectivity index (χ0n) is 8.58. The summed E-state index contributed by atoms with van der Waals surface area (Å²) in [5.74, 6) is 0.935. The van der Waals surface area contributed by atoms with E-state index in [4.69, 9.17) is 9.84 Å². The maximum atomic E-state index is 8.74. The van der Waals surface area contributed by atoms with E-state index >= 15 is 0 Å². The van der Waals surface area contributed by atoms with Gasteiger partial charge < -0.3 is 9.84 Å². The van der Waals surface area contributed by atoms with Gasteiger partial charge in [-0.1, -0.05) is 6.07 Å². The van der Waals surface area contributed by atoms with E-state index in [0.717, 1.165) is 23.1 Å². The van der Waals surface area contributed by atoms with Gasteiger partial charge in [-0.15, -0.1) is 0 Å².